The van der Waals surface area contributed by atoms with E-state index in [-0.39, 0.29) is 5.92 Å². The highest BCUT2D eigenvalue weighted by molar-refractivity contribution is 4.81. The summed E-state index contributed by atoms with van der Waals surface area (Å²) in [6.07, 6.45) is 0.847. The zero-order chi connectivity index (χ0) is 13.0. The molecule has 2 aliphatic carbocycles. The predicted octanol–water partition coefficient (Wildman–Crippen LogP) is 2.70. The van der Waals surface area contributed by atoms with Gasteiger partial charge in [-0.05, 0) is 44.6 Å². The van der Waals surface area contributed by atoms with Gasteiger partial charge in [0, 0.05) is 19.1 Å². The van der Waals surface area contributed by atoms with Crippen LogP contribution in [0.2, 0.25) is 0 Å². The van der Waals surface area contributed by atoms with Gasteiger partial charge in [-0.2, -0.15) is 13.2 Å². The molecule has 2 rings (SSSR count). The van der Waals surface area contributed by atoms with E-state index in [9.17, 15) is 13.2 Å². The van der Waals surface area contributed by atoms with Gasteiger partial charge in [-0.25, -0.2) is 0 Å². The van der Waals surface area contributed by atoms with Gasteiger partial charge in [0.25, 0.3) is 0 Å². The molecule has 0 aliphatic heterocycles. The molecule has 2 saturated carbocycles. The summed E-state index contributed by atoms with van der Waals surface area (Å²) in [4.78, 5) is 0. The Morgan fingerprint density at radius 1 is 1.00 bits per heavy atom. The van der Waals surface area contributed by atoms with Gasteiger partial charge in [0.2, 0.25) is 0 Å². The van der Waals surface area contributed by atoms with E-state index in [1.807, 2.05) is 0 Å². The molecule has 2 nitrogen and oxygen atoms in total. The Labute approximate surface area is 107 Å². The van der Waals surface area contributed by atoms with Crippen LogP contribution in [0.3, 0.4) is 0 Å². The first kappa shape index (κ1) is 14.1. The Morgan fingerprint density at radius 3 is 2.44 bits per heavy atom. The van der Waals surface area contributed by atoms with Gasteiger partial charge >= 0.3 is 6.18 Å². The third kappa shape index (κ3) is 4.76. The molecule has 2 aliphatic rings. The van der Waals surface area contributed by atoms with Crippen LogP contribution in [0.1, 0.15) is 38.5 Å². The SMILES string of the molecule is FC(F)(F)C1CCCC(CNCCNC2CC2)C1. The van der Waals surface area contributed by atoms with E-state index in [0.717, 1.165) is 32.5 Å². The molecule has 0 aromatic carbocycles. The summed E-state index contributed by atoms with van der Waals surface area (Å²) >= 11 is 0. The molecule has 0 spiro atoms. The lowest BCUT2D eigenvalue weighted by Gasteiger charge is -2.30. The highest BCUT2D eigenvalue weighted by Gasteiger charge is 2.41. The molecule has 5 heteroatoms. The number of nitrogens with one attached hydrogen (secondary N) is 2. The second-order valence-electron chi connectivity index (χ2n) is 5.70. The lowest BCUT2D eigenvalue weighted by atomic mass is 9.81. The van der Waals surface area contributed by atoms with Crippen LogP contribution in [-0.2, 0) is 0 Å². The Hall–Kier alpha value is -0.290. The maximum Gasteiger partial charge on any atom is 0.391 e. The summed E-state index contributed by atoms with van der Waals surface area (Å²) < 4.78 is 37.9. The van der Waals surface area contributed by atoms with E-state index in [4.69, 9.17) is 0 Å². The van der Waals surface area contributed by atoms with Gasteiger partial charge in [-0.1, -0.05) is 6.42 Å². The number of rotatable bonds is 6. The fourth-order valence-electron chi connectivity index (χ4n) is 2.73. The average molecular weight is 264 g/mol. The van der Waals surface area contributed by atoms with Gasteiger partial charge in [-0.3, -0.25) is 0 Å². The summed E-state index contributed by atoms with van der Waals surface area (Å²) in [7, 11) is 0. The zero-order valence-electron chi connectivity index (χ0n) is 10.7. The minimum absolute atomic E-state index is 0.200. The van der Waals surface area contributed by atoms with Gasteiger partial charge in [0.15, 0.2) is 0 Å². The molecule has 2 atom stereocenters. The quantitative estimate of drug-likeness (QED) is 0.721. The molecule has 2 fully saturated rings. The van der Waals surface area contributed by atoms with Crippen molar-refractivity contribution in [1.82, 2.24) is 10.6 Å². The first-order chi connectivity index (χ1) is 8.55. The van der Waals surface area contributed by atoms with Crippen molar-refractivity contribution in [3.63, 3.8) is 0 Å². The van der Waals surface area contributed by atoms with Crippen LogP contribution in [0.5, 0.6) is 0 Å². The van der Waals surface area contributed by atoms with Gasteiger partial charge in [0.1, 0.15) is 0 Å². The molecule has 0 aromatic heterocycles. The standard InChI is InChI=1S/C13H23F3N2/c14-13(15,16)11-3-1-2-10(8-11)9-17-6-7-18-12-4-5-12/h10-12,17-18H,1-9H2. The zero-order valence-corrected chi connectivity index (χ0v) is 10.7. The Kier molecular flexibility index (Phi) is 4.90. The van der Waals surface area contributed by atoms with Crippen molar-refractivity contribution < 1.29 is 13.2 Å². The smallest absolute Gasteiger partial charge is 0.315 e. The van der Waals surface area contributed by atoms with Crippen molar-refractivity contribution >= 4 is 0 Å². The number of alkyl halides is 3. The first-order valence-corrected chi connectivity index (χ1v) is 7.06. The van der Waals surface area contributed by atoms with Crippen LogP contribution in [-0.4, -0.2) is 31.9 Å². The van der Waals surface area contributed by atoms with Crippen molar-refractivity contribution in [2.75, 3.05) is 19.6 Å². The molecular weight excluding hydrogens is 241 g/mol. The van der Waals surface area contributed by atoms with E-state index in [0.29, 0.717) is 18.9 Å². The van der Waals surface area contributed by atoms with Gasteiger partial charge in [0.05, 0.1) is 5.92 Å². The summed E-state index contributed by atoms with van der Waals surface area (Å²) in [5.41, 5.74) is 0. The van der Waals surface area contributed by atoms with Crippen LogP contribution < -0.4 is 10.6 Å². The van der Waals surface area contributed by atoms with Crippen molar-refractivity contribution in [2.24, 2.45) is 11.8 Å². The van der Waals surface area contributed by atoms with E-state index in [1.165, 1.54) is 12.8 Å². The summed E-state index contributed by atoms with van der Waals surface area (Å²) in [5.74, 6) is -0.867. The summed E-state index contributed by atoms with van der Waals surface area (Å²) in [5, 5.41) is 6.67. The Bertz CT molecular complexity index is 251. The predicted molar refractivity (Wildman–Crippen MR) is 65.4 cm³/mol. The lowest BCUT2D eigenvalue weighted by Crippen LogP contribution is -2.35. The first-order valence-electron chi connectivity index (χ1n) is 7.06. The molecular formula is C13H23F3N2. The molecule has 0 radical (unpaired) electrons. The van der Waals surface area contributed by atoms with Crippen LogP contribution in [0.15, 0.2) is 0 Å². The summed E-state index contributed by atoms with van der Waals surface area (Å²) in [6.45, 7) is 2.53. The van der Waals surface area contributed by atoms with Crippen molar-refractivity contribution in [3.8, 4) is 0 Å². The molecule has 18 heavy (non-hydrogen) atoms. The maximum absolute atomic E-state index is 12.6. The van der Waals surface area contributed by atoms with E-state index < -0.39 is 12.1 Å². The fourth-order valence-corrected chi connectivity index (χ4v) is 2.73. The highest BCUT2D eigenvalue weighted by atomic mass is 19.4. The maximum atomic E-state index is 12.6. The van der Waals surface area contributed by atoms with Crippen molar-refractivity contribution in [1.29, 1.82) is 0 Å². The number of hydrogen-bond acceptors (Lipinski definition) is 2. The largest absolute Gasteiger partial charge is 0.391 e. The van der Waals surface area contributed by atoms with Crippen molar-refractivity contribution in [3.05, 3.63) is 0 Å². The molecule has 0 amide bonds. The normalized spacial score (nSPS) is 29.5. The topological polar surface area (TPSA) is 24.1 Å². The Balaban J connectivity index is 1.57. The molecule has 0 aromatic rings. The molecule has 106 valence electrons. The number of halogens is 3. The number of hydrogen-bond donors (Lipinski definition) is 2. The fraction of sp³-hybridized carbons (Fsp3) is 1.00. The lowest BCUT2D eigenvalue weighted by molar-refractivity contribution is -0.185. The third-order valence-corrected chi connectivity index (χ3v) is 3.99. The Morgan fingerprint density at radius 2 is 1.78 bits per heavy atom. The monoisotopic (exact) mass is 264 g/mol. The minimum Gasteiger partial charge on any atom is -0.315 e. The molecule has 0 saturated heterocycles. The van der Waals surface area contributed by atoms with Gasteiger partial charge < -0.3 is 10.6 Å². The molecule has 0 bridgehead atoms. The molecule has 2 N–H and O–H groups in total. The van der Waals surface area contributed by atoms with Crippen LogP contribution in [0, 0.1) is 11.8 Å². The summed E-state index contributed by atoms with van der Waals surface area (Å²) in [6, 6.07) is 0.705. The van der Waals surface area contributed by atoms with E-state index in [2.05, 4.69) is 10.6 Å². The average Bonchev–Trinajstić information content (AvgIpc) is 3.12. The van der Waals surface area contributed by atoms with Crippen molar-refractivity contribution in [2.45, 2.75) is 50.7 Å². The second-order valence-corrected chi connectivity index (χ2v) is 5.70. The molecule has 0 heterocycles. The second kappa shape index (κ2) is 6.24. The van der Waals surface area contributed by atoms with Gasteiger partial charge in [-0.15, -0.1) is 0 Å². The van der Waals surface area contributed by atoms with Crippen LogP contribution >= 0.6 is 0 Å². The van der Waals surface area contributed by atoms with Crippen LogP contribution in [0.25, 0.3) is 0 Å². The molecule has 2 unspecified atom stereocenters. The highest BCUT2D eigenvalue weighted by Crippen LogP contribution is 2.39. The van der Waals surface area contributed by atoms with Crippen LogP contribution in [0.4, 0.5) is 13.2 Å². The van der Waals surface area contributed by atoms with E-state index >= 15 is 0 Å². The third-order valence-electron chi connectivity index (χ3n) is 3.99. The van der Waals surface area contributed by atoms with E-state index in [1.54, 1.807) is 0 Å². The minimum atomic E-state index is -3.99.